The predicted molar refractivity (Wildman–Crippen MR) is 47.2 cm³/mol. The first-order chi connectivity index (χ1) is 5.83. The first-order valence-corrected chi connectivity index (χ1v) is 3.69. The van der Waals surface area contributed by atoms with E-state index in [1.165, 1.54) is 0 Å². The molecule has 0 aliphatic heterocycles. The highest BCUT2D eigenvalue weighted by molar-refractivity contribution is 5.45. The highest BCUT2D eigenvalue weighted by Crippen LogP contribution is 1.99. The zero-order valence-corrected chi connectivity index (χ0v) is 6.64. The summed E-state index contributed by atoms with van der Waals surface area (Å²) < 4.78 is 0. The molecule has 1 aromatic heterocycles. The topological polar surface area (TPSA) is 72.0 Å². The number of aliphatic hydroxyl groups is 1. The van der Waals surface area contributed by atoms with E-state index in [2.05, 4.69) is 9.97 Å². The van der Waals surface area contributed by atoms with Gasteiger partial charge in [0.15, 0.2) is 0 Å². The minimum Gasteiger partial charge on any atom is -0.396 e. The maximum Gasteiger partial charge on any atom is 0.220 e. The third-order valence-corrected chi connectivity index (χ3v) is 1.28. The van der Waals surface area contributed by atoms with Crippen LogP contribution in [-0.4, -0.2) is 21.7 Å². The van der Waals surface area contributed by atoms with Crippen LogP contribution in [0.1, 0.15) is 12.1 Å². The first kappa shape index (κ1) is 8.67. The summed E-state index contributed by atoms with van der Waals surface area (Å²) in [5.74, 6) is 0.265. The molecule has 0 saturated carbocycles. The fourth-order valence-electron chi connectivity index (χ4n) is 0.760. The van der Waals surface area contributed by atoms with Gasteiger partial charge in [0.2, 0.25) is 5.95 Å². The smallest absolute Gasteiger partial charge is 0.220 e. The zero-order chi connectivity index (χ0) is 8.81. The van der Waals surface area contributed by atoms with Crippen molar-refractivity contribution in [3.63, 3.8) is 0 Å². The van der Waals surface area contributed by atoms with Gasteiger partial charge in [-0.25, -0.2) is 9.97 Å². The molecule has 4 nitrogen and oxygen atoms in total. The number of hydrogen-bond acceptors (Lipinski definition) is 4. The van der Waals surface area contributed by atoms with E-state index in [4.69, 9.17) is 10.8 Å². The quantitative estimate of drug-likeness (QED) is 0.682. The van der Waals surface area contributed by atoms with E-state index in [0.717, 1.165) is 5.69 Å². The van der Waals surface area contributed by atoms with E-state index in [1.54, 1.807) is 18.3 Å². The number of nitrogens with two attached hydrogens (primary N) is 1. The van der Waals surface area contributed by atoms with Gasteiger partial charge in [-0.15, -0.1) is 0 Å². The second-order valence-corrected chi connectivity index (χ2v) is 2.25. The largest absolute Gasteiger partial charge is 0.396 e. The molecule has 3 N–H and O–H groups in total. The summed E-state index contributed by atoms with van der Waals surface area (Å²) in [5, 5.41) is 8.49. The molecule has 1 rings (SSSR count). The van der Waals surface area contributed by atoms with Gasteiger partial charge >= 0.3 is 0 Å². The average molecular weight is 165 g/mol. The Labute approximate surface area is 70.8 Å². The Morgan fingerprint density at radius 1 is 1.58 bits per heavy atom. The van der Waals surface area contributed by atoms with Crippen LogP contribution in [0.3, 0.4) is 0 Å². The molecule has 64 valence electrons. The summed E-state index contributed by atoms with van der Waals surface area (Å²) >= 11 is 0. The standard InChI is InChI=1S/C8H11N3O/c9-8-10-5-4-7(11-8)3-1-2-6-12/h1,3-5,12H,2,6H2,(H2,9,10,11). The summed E-state index contributed by atoms with van der Waals surface area (Å²) in [7, 11) is 0. The molecule has 0 bridgehead atoms. The molecule has 0 saturated heterocycles. The van der Waals surface area contributed by atoms with Crippen LogP contribution in [0, 0.1) is 0 Å². The molecule has 0 fully saturated rings. The summed E-state index contributed by atoms with van der Waals surface area (Å²) in [5.41, 5.74) is 6.12. The molecule has 0 spiro atoms. The van der Waals surface area contributed by atoms with Crippen molar-refractivity contribution in [3.05, 3.63) is 24.0 Å². The lowest BCUT2D eigenvalue weighted by Crippen LogP contribution is -1.94. The Balaban J connectivity index is 2.63. The zero-order valence-electron chi connectivity index (χ0n) is 6.64. The SMILES string of the molecule is Nc1nccc(C=CCCO)n1. The summed E-state index contributed by atoms with van der Waals surface area (Å²) in [6.45, 7) is 0.150. The maximum absolute atomic E-state index is 8.49. The molecule has 0 amide bonds. The molecule has 0 aromatic carbocycles. The van der Waals surface area contributed by atoms with Crippen molar-refractivity contribution in [1.82, 2.24) is 9.97 Å². The van der Waals surface area contributed by atoms with Crippen molar-refractivity contribution in [2.75, 3.05) is 12.3 Å². The summed E-state index contributed by atoms with van der Waals surface area (Å²) in [4.78, 5) is 7.69. The Morgan fingerprint density at radius 2 is 2.42 bits per heavy atom. The number of nitrogens with zero attached hydrogens (tertiary/aromatic N) is 2. The van der Waals surface area contributed by atoms with Crippen molar-refractivity contribution in [1.29, 1.82) is 0 Å². The van der Waals surface area contributed by atoms with Crippen molar-refractivity contribution in [2.45, 2.75) is 6.42 Å². The van der Waals surface area contributed by atoms with Crippen molar-refractivity contribution in [2.24, 2.45) is 0 Å². The second-order valence-electron chi connectivity index (χ2n) is 2.25. The molecule has 0 unspecified atom stereocenters. The van der Waals surface area contributed by atoms with E-state index in [0.29, 0.717) is 6.42 Å². The number of hydrogen-bond donors (Lipinski definition) is 2. The minimum absolute atomic E-state index is 0.150. The van der Waals surface area contributed by atoms with E-state index < -0.39 is 0 Å². The molecule has 1 aromatic rings. The Morgan fingerprint density at radius 3 is 3.08 bits per heavy atom. The van der Waals surface area contributed by atoms with Crippen LogP contribution in [0.2, 0.25) is 0 Å². The lowest BCUT2D eigenvalue weighted by Gasteiger charge is -1.92. The molecule has 1 heterocycles. The third-order valence-electron chi connectivity index (χ3n) is 1.28. The second kappa shape index (κ2) is 4.46. The number of aromatic nitrogens is 2. The third kappa shape index (κ3) is 2.67. The van der Waals surface area contributed by atoms with Gasteiger partial charge in [0.1, 0.15) is 0 Å². The Bertz CT molecular complexity index is 273. The minimum atomic E-state index is 0.150. The monoisotopic (exact) mass is 165 g/mol. The molecule has 0 atom stereocenters. The molecule has 0 radical (unpaired) electrons. The van der Waals surface area contributed by atoms with Gasteiger partial charge in [-0.1, -0.05) is 6.08 Å². The van der Waals surface area contributed by atoms with Crippen LogP contribution in [0.25, 0.3) is 6.08 Å². The van der Waals surface area contributed by atoms with Gasteiger partial charge in [0, 0.05) is 12.8 Å². The van der Waals surface area contributed by atoms with Crippen LogP contribution in [0.4, 0.5) is 5.95 Å². The molecule has 0 aliphatic carbocycles. The lowest BCUT2D eigenvalue weighted by atomic mass is 10.3. The van der Waals surface area contributed by atoms with Crippen molar-refractivity contribution < 1.29 is 5.11 Å². The summed E-state index contributed by atoms with van der Waals surface area (Å²) in [6, 6.07) is 1.75. The lowest BCUT2D eigenvalue weighted by molar-refractivity contribution is 0.303. The molecule has 0 aliphatic rings. The highest BCUT2D eigenvalue weighted by Gasteiger charge is 1.88. The highest BCUT2D eigenvalue weighted by atomic mass is 16.2. The fourth-order valence-corrected chi connectivity index (χ4v) is 0.760. The van der Waals surface area contributed by atoms with Gasteiger partial charge in [0.25, 0.3) is 0 Å². The van der Waals surface area contributed by atoms with Gasteiger partial charge in [-0.3, -0.25) is 0 Å². The number of anilines is 1. The molecule has 12 heavy (non-hydrogen) atoms. The fraction of sp³-hybridized carbons (Fsp3) is 0.250. The van der Waals surface area contributed by atoms with Crippen LogP contribution >= 0.6 is 0 Å². The predicted octanol–water partition coefficient (Wildman–Crippen LogP) is 0.454. The number of rotatable bonds is 3. The average Bonchev–Trinajstić information content (AvgIpc) is 2.05. The van der Waals surface area contributed by atoms with Crippen molar-refractivity contribution in [3.8, 4) is 0 Å². The van der Waals surface area contributed by atoms with Crippen LogP contribution in [0.5, 0.6) is 0 Å². The molecule has 4 heteroatoms. The molecular formula is C8H11N3O. The van der Waals surface area contributed by atoms with Crippen LogP contribution in [0.15, 0.2) is 18.3 Å². The maximum atomic E-state index is 8.49. The Hall–Kier alpha value is -1.42. The normalized spacial score (nSPS) is 10.8. The Kier molecular flexibility index (Phi) is 3.22. The van der Waals surface area contributed by atoms with E-state index in [1.807, 2.05) is 6.08 Å². The van der Waals surface area contributed by atoms with E-state index >= 15 is 0 Å². The van der Waals surface area contributed by atoms with E-state index in [9.17, 15) is 0 Å². The van der Waals surface area contributed by atoms with Gasteiger partial charge < -0.3 is 10.8 Å². The van der Waals surface area contributed by atoms with Crippen LogP contribution < -0.4 is 5.73 Å². The van der Waals surface area contributed by atoms with Gasteiger partial charge in [0.05, 0.1) is 5.69 Å². The number of aliphatic hydroxyl groups excluding tert-OH is 1. The molecular weight excluding hydrogens is 154 g/mol. The first-order valence-electron chi connectivity index (χ1n) is 3.69. The van der Waals surface area contributed by atoms with E-state index in [-0.39, 0.29) is 12.6 Å². The van der Waals surface area contributed by atoms with Crippen LogP contribution in [-0.2, 0) is 0 Å². The summed E-state index contributed by atoms with van der Waals surface area (Å²) in [6.07, 6.45) is 5.86. The van der Waals surface area contributed by atoms with Crippen molar-refractivity contribution >= 4 is 12.0 Å². The van der Waals surface area contributed by atoms with Gasteiger partial charge in [-0.2, -0.15) is 0 Å². The van der Waals surface area contributed by atoms with Gasteiger partial charge in [-0.05, 0) is 18.6 Å². The number of nitrogen functional groups attached to an aromatic ring is 1.